The van der Waals surface area contributed by atoms with Crippen molar-refractivity contribution in [2.24, 2.45) is 0 Å². The van der Waals surface area contributed by atoms with Gasteiger partial charge >= 0.3 is 5.97 Å². The van der Waals surface area contributed by atoms with E-state index in [1.165, 1.54) is 0 Å². The summed E-state index contributed by atoms with van der Waals surface area (Å²) in [6, 6.07) is 0. The summed E-state index contributed by atoms with van der Waals surface area (Å²) in [5, 5.41) is 10.2. The molecule has 1 aromatic heterocycles. The highest BCUT2D eigenvalue weighted by Crippen LogP contribution is 2.26. The van der Waals surface area contributed by atoms with Crippen molar-refractivity contribution in [1.82, 2.24) is 15.5 Å². The van der Waals surface area contributed by atoms with Gasteiger partial charge in [0, 0.05) is 19.0 Å². The number of halogens is 1. The zero-order chi connectivity index (χ0) is 12.6. The third kappa shape index (κ3) is 2.79. The molecule has 1 fully saturated rings. The molecule has 5 nitrogen and oxygen atoms in total. The van der Waals surface area contributed by atoms with Crippen molar-refractivity contribution in [2.75, 3.05) is 13.1 Å². The lowest BCUT2D eigenvalue weighted by molar-refractivity contribution is 0.00616. The van der Waals surface area contributed by atoms with E-state index in [0.29, 0.717) is 11.6 Å². The average molecular weight is 349 g/mol. The number of hydrogen-bond acceptors (Lipinski definition) is 4. The summed E-state index contributed by atoms with van der Waals surface area (Å²) in [5.41, 5.74) is 0.935. The Morgan fingerprint density at radius 1 is 1.47 bits per heavy atom. The Bertz CT molecular complexity index is 432. The van der Waals surface area contributed by atoms with Crippen molar-refractivity contribution < 1.29 is 9.53 Å². The minimum Gasteiger partial charge on any atom is -0.455 e. The van der Waals surface area contributed by atoms with Crippen LogP contribution in [0.5, 0.6) is 0 Å². The van der Waals surface area contributed by atoms with Crippen LogP contribution in [0.4, 0.5) is 0 Å². The van der Waals surface area contributed by atoms with Crippen molar-refractivity contribution in [3.63, 3.8) is 0 Å². The normalized spacial score (nSPS) is 16.7. The van der Waals surface area contributed by atoms with Gasteiger partial charge in [-0.15, -0.1) is 0 Å². The van der Waals surface area contributed by atoms with E-state index in [2.05, 4.69) is 38.1 Å². The fourth-order valence-corrected chi connectivity index (χ4v) is 2.47. The minimum atomic E-state index is -0.489. The van der Waals surface area contributed by atoms with Gasteiger partial charge in [-0.1, -0.05) is 0 Å². The zero-order valence-corrected chi connectivity index (χ0v) is 12.3. The van der Waals surface area contributed by atoms with Crippen molar-refractivity contribution in [3.8, 4) is 0 Å². The molecule has 0 radical (unpaired) electrons. The highest BCUT2D eigenvalue weighted by molar-refractivity contribution is 14.1. The van der Waals surface area contributed by atoms with E-state index < -0.39 is 5.60 Å². The van der Waals surface area contributed by atoms with E-state index in [4.69, 9.17) is 4.74 Å². The van der Waals surface area contributed by atoms with E-state index in [0.717, 1.165) is 22.4 Å². The van der Waals surface area contributed by atoms with Crippen LogP contribution in [0.15, 0.2) is 0 Å². The summed E-state index contributed by atoms with van der Waals surface area (Å²) >= 11 is 2.15. The van der Waals surface area contributed by atoms with Crippen molar-refractivity contribution in [1.29, 1.82) is 0 Å². The summed E-state index contributed by atoms with van der Waals surface area (Å²) in [6.07, 6.45) is 0. The molecule has 0 saturated carbocycles. The Labute approximate surface area is 114 Å². The standard InChI is InChI=1S/C11H16IN3O2/c1-11(2,3)17-10(16)9-7(12)8(14-15-9)6-4-13-5-6/h6,13H,4-5H2,1-3H3,(H,14,15). The Kier molecular flexibility index (Phi) is 3.44. The second kappa shape index (κ2) is 4.56. The molecule has 0 atom stereocenters. The summed E-state index contributed by atoms with van der Waals surface area (Å²) in [7, 11) is 0. The molecular weight excluding hydrogens is 333 g/mol. The highest BCUT2D eigenvalue weighted by Gasteiger charge is 2.29. The highest BCUT2D eigenvalue weighted by atomic mass is 127. The zero-order valence-electron chi connectivity index (χ0n) is 10.1. The van der Waals surface area contributed by atoms with Gasteiger partial charge in [0.2, 0.25) is 0 Å². The monoisotopic (exact) mass is 349 g/mol. The largest absolute Gasteiger partial charge is 0.455 e. The van der Waals surface area contributed by atoms with Crippen LogP contribution in [-0.4, -0.2) is 34.9 Å². The Balaban J connectivity index is 2.16. The fourth-order valence-electron chi connectivity index (χ4n) is 1.57. The van der Waals surface area contributed by atoms with Gasteiger partial charge in [0.15, 0.2) is 5.69 Å². The van der Waals surface area contributed by atoms with Gasteiger partial charge in [-0.3, -0.25) is 5.10 Å². The number of carbonyl (C=O) groups excluding carboxylic acids is 1. The van der Waals surface area contributed by atoms with Gasteiger partial charge in [-0.25, -0.2) is 4.79 Å². The predicted octanol–water partition coefficient (Wildman–Crippen LogP) is 1.66. The number of ether oxygens (including phenoxy) is 1. The van der Waals surface area contributed by atoms with Crippen LogP contribution in [0, 0.1) is 3.57 Å². The first-order chi connectivity index (χ1) is 7.88. The molecule has 17 heavy (non-hydrogen) atoms. The van der Waals surface area contributed by atoms with Crippen LogP contribution in [0.3, 0.4) is 0 Å². The molecular formula is C11H16IN3O2. The molecule has 94 valence electrons. The van der Waals surface area contributed by atoms with Crippen molar-refractivity contribution in [2.45, 2.75) is 32.3 Å². The van der Waals surface area contributed by atoms with Crippen LogP contribution in [0.2, 0.25) is 0 Å². The Morgan fingerprint density at radius 3 is 2.59 bits per heavy atom. The van der Waals surface area contributed by atoms with E-state index in [-0.39, 0.29) is 5.97 Å². The first-order valence-corrected chi connectivity index (χ1v) is 6.64. The second-order valence-corrected chi connectivity index (χ2v) is 6.24. The Morgan fingerprint density at radius 2 is 2.12 bits per heavy atom. The quantitative estimate of drug-likeness (QED) is 0.630. The molecule has 1 aromatic rings. The fraction of sp³-hybridized carbons (Fsp3) is 0.636. The number of aromatic nitrogens is 2. The van der Waals surface area contributed by atoms with Crippen LogP contribution in [-0.2, 0) is 4.74 Å². The predicted molar refractivity (Wildman–Crippen MR) is 72.1 cm³/mol. The molecule has 1 saturated heterocycles. The number of hydrogen-bond donors (Lipinski definition) is 2. The molecule has 1 aliphatic heterocycles. The van der Waals surface area contributed by atoms with Crippen molar-refractivity contribution >= 4 is 28.6 Å². The molecule has 1 aliphatic rings. The number of nitrogens with zero attached hydrogens (tertiary/aromatic N) is 1. The molecule has 0 aromatic carbocycles. The van der Waals surface area contributed by atoms with Crippen LogP contribution in [0.1, 0.15) is 42.9 Å². The maximum absolute atomic E-state index is 11.9. The SMILES string of the molecule is CC(C)(C)OC(=O)c1n[nH]c(C2CNC2)c1I. The van der Waals surface area contributed by atoms with Gasteiger partial charge < -0.3 is 10.1 Å². The number of nitrogens with one attached hydrogen (secondary N) is 2. The van der Waals surface area contributed by atoms with Gasteiger partial charge in [-0.05, 0) is 43.4 Å². The molecule has 2 heterocycles. The molecule has 2 rings (SSSR count). The minimum absolute atomic E-state index is 0.364. The molecule has 2 N–H and O–H groups in total. The molecule has 0 amide bonds. The first kappa shape index (κ1) is 12.8. The maximum Gasteiger partial charge on any atom is 0.360 e. The Hall–Kier alpha value is -0.630. The maximum atomic E-state index is 11.9. The van der Waals surface area contributed by atoms with Gasteiger partial charge in [0.05, 0.1) is 9.26 Å². The summed E-state index contributed by atoms with van der Waals surface area (Å²) in [6.45, 7) is 7.42. The van der Waals surface area contributed by atoms with E-state index in [9.17, 15) is 4.79 Å². The summed E-state index contributed by atoms with van der Waals surface area (Å²) in [5.74, 6) is 0.0715. The van der Waals surface area contributed by atoms with E-state index in [1.54, 1.807) is 0 Å². The topological polar surface area (TPSA) is 67.0 Å². The number of esters is 1. The van der Waals surface area contributed by atoms with Gasteiger partial charge in [-0.2, -0.15) is 5.10 Å². The number of carbonyl (C=O) groups is 1. The summed E-state index contributed by atoms with van der Waals surface area (Å²) < 4.78 is 6.19. The van der Waals surface area contributed by atoms with Crippen LogP contribution in [0.25, 0.3) is 0 Å². The number of H-pyrrole nitrogens is 1. The molecule has 0 aliphatic carbocycles. The molecule has 0 bridgehead atoms. The smallest absolute Gasteiger partial charge is 0.360 e. The molecule has 6 heteroatoms. The van der Waals surface area contributed by atoms with E-state index in [1.807, 2.05) is 20.8 Å². The molecule has 0 unspecified atom stereocenters. The lowest BCUT2D eigenvalue weighted by Gasteiger charge is -2.26. The number of aromatic amines is 1. The van der Waals surface area contributed by atoms with Gasteiger partial charge in [0.25, 0.3) is 0 Å². The average Bonchev–Trinajstić information content (AvgIpc) is 2.42. The second-order valence-electron chi connectivity index (χ2n) is 5.16. The first-order valence-electron chi connectivity index (χ1n) is 5.56. The third-order valence-electron chi connectivity index (χ3n) is 2.51. The van der Waals surface area contributed by atoms with Crippen LogP contribution < -0.4 is 5.32 Å². The van der Waals surface area contributed by atoms with Crippen molar-refractivity contribution in [3.05, 3.63) is 15.0 Å². The lowest BCUT2D eigenvalue weighted by Crippen LogP contribution is -2.40. The third-order valence-corrected chi connectivity index (χ3v) is 3.61. The van der Waals surface area contributed by atoms with Gasteiger partial charge in [0.1, 0.15) is 5.60 Å². The number of rotatable bonds is 2. The molecule has 0 spiro atoms. The lowest BCUT2D eigenvalue weighted by atomic mass is 9.99. The van der Waals surface area contributed by atoms with E-state index >= 15 is 0 Å². The van der Waals surface area contributed by atoms with Crippen LogP contribution >= 0.6 is 22.6 Å². The summed E-state index contributed by atoms with van der Waals surface area (Å²) in [4.78, 5) is 11.9.